The molecule has 0 heterocycles. The molecule has 2 aromatic carbocycles. The summed E-state index contributed by atoms with van der Waals surface area (Å²) < 4.78 is 0. The van der Waals surface area contributed by atoms with Crippen molar-refractivity contribution < 1.29 is 14.7 Å². The standard InChI is InChI=1S/C14H11NO3/c1-9(14(17)18)15-13(16)12-7-6-10-4-2-3-5-11(10)8-12/h2-8H,1H2,(H,15,16)(H,17,18). The first kappa shape index (κ1) is 11.9. The fourth-order valence-corrected chi connectivity index (χ4v) is 1.59. The molecule has 0 radical (unpaired) electrons. The van der Waals surface area contributed by atoms with Crippen LogP contribution in [0.4, 0.5) is 0 Å². The maximum absolute atomic E-state index is 11.8. The Hall–Kier alpha value is -2.62. The summed E-state index contributed by atoms with van der Waals surface area (Å²) in [4.78, 5) is 22.3. The minimum atomic E-state index is -1.25. The fraction of sp³-hybridized carbons (Fsp3) is 0. The number of hydrogen-bond acceptors (Lipinski definition) is 2. The van der Waals surface area contributed by atoms with Gasteiger partial charge < -0.3 is 10.4 Å². The number of aliphatic carboxylic acids is 1. The number of carboxylic acid groups (broad SMARTS) is 1. The van der Waals surface area contributed by atoms with E-state index in [1.54, 1.807) is 12.1 Å². The number of rotatable bonds is 3. The lowest BCUT2D eigenvalue weighted by Gasteiger charge is -2.05. The SMILES string of the molecule is C=C(NC(=O)c1ccc2ccccc2c1)C(=O)O. The monoisotopic (exact) mass is 241 g/mol. The molecule has 4 nitrogen and oxygen atoms in total. The average molecular weight is 241 g/mol. The second-order valence-electron chi connectivity index (χ2n) is 3.80. The molecule has 90 valence electrons. The molecule has 2 rings (SSSR count). The maximum atomic E-state index is 11.8. The number of amides is 1. The van der Waals surface area contributed by atoms with Crippen molar-refractivity contribution in [2.75, 3.05) is 0 Å². The van der Waals surface area contributed by atoms with Crippen LogP contribution >= 0.6 is 0 Å². The lowest BCUT2D eigenvalue weighted by molar-refractivity contribution is -0.132. The predicted octanol–water partition coefficient (Wildman–Crippen LogP) is 2.17. The molecular weight excluding hydrogens is 230 g/mol. The summed E-state index contributed by atoms with van der Waals surface area (Å²) in [6.07, 6.45) is 0. The van der Waals surface area contributed by atoms with Gasteiger partial charge in [0.1, 0.15) is 5.70 Å². The molecule has 1 amide bonds. The molecule has 0 aliphatic carbocycles. The van der Waals surface area contributed by atoms with Gasteiger partial charge in [-0.15, -0.1) is 0 Å². The van der Waals surface area contributed by atoms with Crippen molar-refractivity contribution >= 4 is 22.6 Å². The highest BCUT2D eigenvalue weighted by molar-refractivity contribution is 6.02. The smallest absolute Gasteiger partial charge is 0.351 e. The van der Waals surface area contributed by atoms with Crippen molar-refractivity contribution in [2.45, 2.75) is 0 Å². The number of nitrogens with one attached hydrogen (secondary N) is 1. The molecule has 0 fully saturated rings. The molecule has 0 unspecified atom stereocenters. The summed E-state index contributed by atoms with van der Waals surface area (Å²) in [5.41, 5.74) is 0.0595. The Labute approximate surface area is 104 Å². The Bertz CT molecular complexity index is 646. The van der Waals surface area contributed by atoms with Crippen LogP contribution < -0.4 is 5.32 Å². The van der Waals surface area contributed by atoms with Gasteiger partial charge in [0.05, 0.1) is 0 Å². The number of benzene rings is 2. The van der Waals surface area contributed by atoms with Crippen molar-refractivity contribution in [3.05, 3.63) is 60.3 Å². The van der Waals surface area contributed by atoms with E-state index in [2.05, 4.69) is 11.9 Å². The van der Waals surface area contributed by atoms with Crippen LogP contribution in [0.1, 0.15) is 10.4 Å². The van der Waals surface area contributed by atoms with E-state index in [-0.39, 0.29) is 5.70 Å². The summed E-state index contributed by atoms with van der Waals surface area (Å²) in [7, 11) is 0. The van der Waals surface area contributed by atoms with Crippen LogP contribution in [0.2, 0.25) is 0 Å². The highest BCUT2D eigenvalue weighted by atomic mass is 16.4. The summed E-state index contributed by atoms with van der Waals surface area (Å²) in [6, 6.07) is 12.8. The zero-order valence-electron chi connectivity index (χ0n) is 9.51. The second kappa shape index (κ2) is 4.71. The Morgan fingerprint density at radius 2 is 1.72 bits per heavy atom. The lowest BCUT2D eigenvalue weighted by atomic mass is 10.1. The number of hydrogen-bond donors (Lipinski definition) is 2. The summed E-state index contributed by atoms with van der Waals surface area (Å²) >= 11 is 0. The van der Waals surface area contributed by atoms with Crippen molar-refractivity contribution in [3.63, 3.8) is 0 Å². The molecule has 0 spiro atoms. The second-order valence-corrected chi connectivity index (χ2v) is 3.80. The third-order valence-corrected chi connectivity index (χ3v) is 2.53. The maximum Gasteiger partial charge on any atom is 0.351 e. The van der Waals surface area contributed by atoms with E-state index in [0.717, 1.165) is 10.8 Å². The van der Waals surface area contributed by atoms with Gasteiger partial charge in [-0.2, -0.15) is 0 Å². The van der Waals surface area contributed by atoms with E-state index >= 15 is 0 Å². The number of carbonyl (C=O) groups is 2. The van der Waals surface area contributed by atoms with Crippen molar-refractivity contribution in [3.8, 4) is 0 Å². The Balaban J connectivity index is 2.28. The quantitative estimate of drug-likeness (QED) is 0.809. The first-order valence-corrected chi connectivity index (χ1v) is 5.30. The third-order valence-electron chi connectivity index (χ3n) is 2.53. The molecule has 0 aromatic heterocycles. The lowest BCUT2D eigenvalue weighted by Crippen LogP contribution is -2.26. The number of carbonyl (C=O) groups excluding carboxylic acids is 1. The molecule has 0 bridgehead atoms. The molecule has 0 atom stereocenters. The summed E-state index contributed by atoms with van der Waals surface area (Å²) in [5.74, 6) is -1.72. The summed E-state index contributed by atoms with van der Waals surface area (Å²) in [5, 5.41) is 12.8. The fourth-order valence-electron chi connectivity index (χ4n) is 1.59. The van der Waals surface area contributed by atoms with Crippen LogP contribution in [0.25, 0.3) is 10.8 Å². The highest BCUT2D eigenvalue weighted by Gasteiger charge is 2.11. The molecule has 2 N–H and O–H groups in total. The normalized spacial score (nSPS) is 10.0. The highest BCUT2D eigenvalue weighted by Crippen LogP contribution is 2.15. The van der Waals surface area contributed by atoms with Gasteiger partial charge in [0, 0.05) is 5.56 Å². The molecule has 0 aliphatic heterocycles. The van der Waals surface area contributed by atoms with Crippen LogP contribution in [0, 0.1) is 0 Å². The van der Waals surface area contributed by atoms with Gasteiger partial charge in [-0.25, -0.2) is 4.79 Å². The molecule has 0 saturated carbocycles. The Morgan fingerprint density at radius 3 is 2.39 bits per heavy atom. The van der Waals surface area contributed by atoms with Crippen molar-refractivity contribution in [2.24, 2.45) is 0 Å². The van der Waals surface area contributed by atoms with E-state index in [1.807, 2.05) is 30.3 Å². The van der Waals surface area contributed by atoms with E-state index in [4.69, 9.17) is 5.11 Å². The van der Waals surface area contributed by atoms with Crippen LogP contribution in [-0.2, 0) is 4.79 Å². The van der Waals surface area contributed by atoms with E-state index in [1.165, 1.54) is 0 Å². The zero-order valence-corrected chi connectivity index (χ0v) is 9.51. The molecular formula is C14H11NO3. The van der Waals surface area contributed by atoms with Gasteiger partial charge in [0.25, 0.3) is 5.91 Å². The van der Waals surface area contributed by atoms with Crippen molar-refractivity contribution in [1.29, 1.82) is 0 Å². The molecule has 0 aliphatic rings. The zero-order chi connectivity index (χ0) is 13.1. The van der Waals surface area contributed by atoms with Gasteiger partial charge in [0.15, 0.2) is 0 Å². The van der Waals surface area contributed by atoms with E-state index < -0.39 is 11.9 Å². The topological polar surface area (TPSA) is 66.4 Å². The van der Waals surface area contributed by atoms with Gasteiger partial charge >= 0.3 is 5.97 Å². The van der Waals surface area contributed by atoms with Crippen LogP contribution in [0.3, 0.4) is 0 Å². The van der Waals surface area contributed by atoms with Crippen LogP contribution in [0.5, 0.6) is 0 Å². The van der Waals surface area contributed by atoms with E-state index in [9.17, 15) is 9.59 Å². The summed E-state index contributed by atoms with van der Waals surface area (Å²) in [6.45, 7) is 3.25. The minimum Gasteiger partial charge on any atom is -0.477 e. The first-order chi connectivity index (χ1) is 8.58. The average Bonchev–Trinajstić information content (AvgIpc) is 2.37. The van der Waals surface area contributed by atoms with Crippen LogP contribution in [0.15, 0.2) is 54.7 Å². The molecule has 18 heavy (non-hydrogen) atoms. The van der Waals surface area contributed by atoms with Crippen LogP contribution in [-0.4, -0.2) is 17.0 Å². The molecule has 0 saturated heterocycles. The Morgan fingerprint density at radius 1 is 1.06 bits per heavy atom. The number of fused-ring (bicyclic) bond motifs is 1. The molecule has 2 aromatic rings. The van der Waals surface area contributed by atoms with Gasteiger partial charge in [-0.3, -0.25) is 4.79 Å². The number of carboxylic acids is 1. The van der Waals surface area contributed by atoms with Gasteiger partial charge in [0.2, 0.25) is 0 Å². The van der Waals surface area contributed by atoms with E-state index in [0.29, 0.717) is 5.56 Å². The molecule has 4 heteroatoms. The van der Waals surface area contributed by atoms with Gasteiger partial charge in [-0.05, 0) is 22.9 Å². The predicted molar refractivity (Wildman–Crippen MR) is 68.2 cm³/mol. The first-order valence-electron chi connectivity index (χ1n) is 5.30. The minimum absolute atomic E-state index is 0.340. The van der Waals surface area contributed by atoms with Gasteiger partial charge in [-0.1, -0.05) is 36.9 Å². The Kier molecular flexibility index (Phi) is 3.10. The van der Waals surface area contributed by atoms with Crippen molar-refractivity contribution in [1.82, 2.24) is 5.32 Å². The largest absolute Gasteiger partial charge is 0.477 e. The third kappa shape index (κ3) is 2.38.